The number of methoxy groups -OCH3 is 1. The molecule has 1 aliphatic heterocycles. The van der Waals surface area contributed by atoms with Gasteiger partial charge in [0.1, 0.15) is 12.3 Å². The molecule has 0 saturated heterocycles. The Balaban J connectivity index is 1.52. The van der Waals surface area contributed by atoms with Gasteiger partial charge in [0.2, 0.25) is 11.7 Å². The average Bonchev–Trinajstić information content (AvgIpc) is 3.26. The zero-order valence-electron chi connectivity index (χ0n) is 14.9. The van der Waals surface area contributed by atoms with Crippen molar-refractivity contribution in [2.75, 3.05) is 19.1 Å². The van der Waals surface area contributed by atoms with Crippen LogP contribution in [0.15, 0.2) is 42.5 Å². The van der Waals surface area contributed by atoms with Crippen molar-refractivity contribution in [3.8, 4) is 17.1 Å². The van der Waals surface area contributed by atoms with Gasteiger partial charge in [0.25, 0.3) is 0 Å². The van der Waals surface area contributed by atoms with Gasteiger partial charge in [-0.3, -0.25) is 9.59 Å². The van der Waals surface area contributed by atoms with E-state index in [2.05, 4.69) is 15.4 Å². The second kappa shape index (κ2) is 6.64. The molecule has 1 aliphatic rings. The molecule has 1 aromatic heterocycles. The van der Waals surface area contributed by atoms with Gasteiger partial charge in [-0.15, -0.1) is 10.2 Å². The van der Waals surface area contributed by atoms with Crippen LogP contribution < -0.4 is 9.64 Å². The minimum absolute atomic E-state index is 0.0236. The largest absolute Gasteiger partial charge is 0.497 e. The summed E-state index contributed by atoms with van der Waals surface area (Å²) in [5.41, 5.74) is 2.98. The lowest BCUT2D eigenvalue weighted by Crippen LogP contribution is -2.20. The summed E-state index contributed by atoms with van der Waals surface area (Å²) in [6, 6.07) is 12.6. The molecule has 0 atom stereocenters. The van der Waals surface area contributed by atoms with E-state index < -0.39 is 0 Å². The van der Waals surface area contributed by atoms with E-state index in [0.717, 1.165) is 16.8 Å². The zero-order valence-corrected chi connectivity index (χ0v) is 14.9. The SMILES string of the molecule is COc1cccc(-c2nnn(CC(=O)c3ccc4c(c3)CC(=O)N4C)n2)c1. The van der Waals surface area contributed by atoms with Crippen LogP contribution in [0.25, 0.3) is 11.4 Å². The fraction of sp³-hybridized carbons (Fsp3) is 0.211. The number of ketones is 1. The molecular formula is C19H17N5O3. The molecule has 8 nitrogen and oxygen atoms in total. The molecule has 0 aliphatic carbocycles. The van der Waals surface area contributed by atoms with E-state index >= 15 is 0 Å². The van der Waals surface area contributed by atoms with Gasteiger partial charge in [-0.25, -0.2) is 0 Å². The van der Waals surface area contributed by atoms with Gasteiger partial charge in [-0.05, 0) is 41.1 Å². The minimum atomic E-state index is -0.144. The third kappa shape index (κ3) is 3.17. The number of fused-ring (bicyclic) bond motifs is 1. The topological polar surface area (TPSA) is 90.2 Å². The van der Waals surface area contributed by atoms with E-state index in [1.165, 1.54) is 4.80 Å². The number of hydrogen-bond acceptors (Lipinski definition) is 6. The quantitative estimate of drug-likeness (QED) is 0.642. The minimum Gasteiger partial charge on any atom is -0.497 e. The maximum Gasteiger partial charge on any atom is 0.231 e. The highest BCUT2D eigenvalue weighted by Gasteiger charge is 2.25. The summed E-state index contributed by atoms with van der Waals surface area (Å²) in [5, 5.41) is 12.2. The number of tetrazole rings is 1. The second-order valence-electron chi connectivity index (χ2n) is 6.27. The molecule has 1 amide bonds. The van der Waals surface area contributed by atoms with Crippen molar-refractivity contribution in [2.24, 2.45) is 0 Å². The van der Waals surface area contributed by atoms with Crippen LogP contribution in [-0.4, -0.2) is 46.1 Å². The predicted octanol–water partition coefficient (Wildman–Crippen LogP) is 1.75. The molecule has 8 heteroatoms. The van der Waals surface area contributed by atoms with Gasteiger partial charge in [0.15, 0.2) is 5.78 Å². The smallest absolute Gasteiger partial charge is 0.231 e. The van der Waals surface area contributed by atoms with Gasteiger partial charge >= 0.3 is 0 Å². The Labute approximate surface area is 155 Å². The maximum absolute atomic E-state index is 12.6. The normalized spacial score (nSPS) is 13.0. The van der Waals surface area contributed by atoms with Crippen LogP contribution in [-0.2, 0) is 17.8 Å². The van der Waals surface area contributed by atoms with Crippen LogP contribution in [0.2, 0.25) is 0 Å². The number of anilines is 1. The number of rotatable bonds is 5. The molecule has 136 valence electrons. The Morgan fingerprint density at radius 2 is 2.07 bits per heavy atom. The monoisotopic (exact) mass is 363 g/mol. The van der Waals surface area contributed by atoms with Crippen LogP contribution >= 0.6 is 0 Å². The zero-order chi connectivity index (χ0) is 19.0. The van der Waals surface area contributed by atoms with Crippen LogP contribution in [0.4, 0.5) is 5.69 Å². The number of aromatic nitrogens is 4. The highest BCUT2D eigenvalue weighted by Crippen LogP contribution is 2.28. The van der Waals surface area contributed by atoms with Crippen LogP contribution in [0.1, 0.15) is 15.9 Å². The first-order valence-electron chi connectivity index (χ1n) is 8.40. The van der Waals surface area contributed by atoms with Crippen LogP contribution in [0, 0.1) is 0 Å². The second-order valence-corrected chi connectivity index (χ2v) is 6.27. The van der Waals surface area contributed by atoms with Crippen molar-refractivity contribution in [2.45, 2.75) is 13.0 Å². The highest BCUT2D eigenvalue weighted by atomic mass is 16.5. The summed E-state index contributed by atoms with van der Waals surface area (Å²) < 4.78 is 5.19. The van der Waals surface area contributed by atoms with E-state index in [1.54, 1.807) is 43.3 Å². The first kappa shape index (κ1) is 16.9. The van der Waals surface area contributed by atoms with Gasteiger partial charge in [0, 0.05) is 23.9 Å². The van der Waals surface area contributed by atoms with Crippen molar-refractivity contribution in [3.05, 3.63) is 53.6 Å². The lowest BCUT2D eigenvalue weighted by atomic mass is 10.1. The number of hydrogen-bond donors (Lipinski definition) is 0. The number of amides is 1. The number of nitrogens with zero attached hydrogens (tertiary/aromatic N) is 5. The Bertz CT molecular complexity index is 1040. The fourth-order valence-electron chi connectivity index (χ4n) is 3.05. The molecule has 4 rings (SSSR count). The number of likely N-dealkylation sites (N-methyl/N-ethyl adjacent to an activating group) is 1. The first-order valence-corrected chi connectivity index (χ1v) is 8.40. The Morgan fingerprint density at radius 3 is 2.89 bits per heavy atom. The van der Waals surface area contributed by atoms with Gasteiger partial charge in [0.05, 0.1) is 13.5 Å². The lowest BCUT2D eigenvalue weighted by Gasteiger charge is -2.10. The maximum atomic E-state index is 12.6. The molecule has 0 unspecified atom stereocenters. The number of carbonyl (C=O) groups excluding carboxylic acids is 2. The molecule has 0 spiro atoms. The molecule has 0 saturated carbocycles. The molecule has 2 heterocycles. The van der Waals surface area contributed by atoms with Crippen LogP contribution in [0.3, 0.4) is 0 Å². The molecule has 0 radical (unpaired) electrons. The van der Waals surface area contributed by atoms with Crippen molar-refractivity contribution in [3.63, 3.8) is 0 Å². The summed E-state index contributed by atoms with van der Waals surface area (Å²) in [5.74, 6) is 0.991. The summed E-state index contributed by atoms with van der Waals surface area (Å²) in [7, 11) is 3.32. The average molecular weight is 363 g/mol. The first-order chi connectivity index (χ1) is 13.0. The standard InChI is InChI=1S/C19H17N5O3/c1-23-16-7-6-12(8-14(16)10-18(23)26)17(25)11-24-21-19(20-22-24)13-4-3-5-15(9-13)27-2/h3-9H,10-11H2,1-2H3. The van der Waals surface area contributed by atoms with Crippen LogP contribution in [0.5, 0.6) is 5.75 Å². The van der Waals surface area contributed by atoms with Gasteiger partial charge in [-0.1, -0.05) is 12.1 Å². The number of carbonyl (C=O) groups is 2. The predicted molar refractivity (Wildman–Crippen MR) is 97.7 cm³/mol. The molecule has 3 aromatic rings. The molecule has 2 aromatic carbocycles. The summed E-state index contributed by atoms with van der Waals surface area (Å²) in [6.45, 7) is -0.0282. The number of benzene rings is 2. The van der Waals surface area contributed by atoms with Gasteiger partial charge < -0.3 is 9.64 Å². The van der Waals surface area contributed by atoms with E-state index in [4.69, 9.17) is 4.74 Å². The van der Waals surface area contributed by atoms with E-state index in [-0.39, 0.29) is 18.2 Å². The third-order valence-electron chi connectivity index (χ3n) is 4.54. The Hall–Kier alpha value is -3.55. The summed E-state index contributed by atoms with van der Waals surface area (Å²) in [6.07, 6.45) is 0.314. The van der Waals surface area contributed by atoms with Crippen molar-refractivity contribution < 1.29 is 14.3 Å². The summed E-state index contributed by atoms with van der Waals surface area (Å²) >= 11 is 0. The number of ether oxygens (including phenoxy) is 1. The Morgan fingerprint density at radius 1 is 1.22 bits per heavy atom. The fourth-order valence-corrected chi connectivity index (χ4v) is 3.05. The van der Waals surface area contributed by atoms with E-state index in [0.29, 0.717) is 23.6 Å². The van der Waals surface area contributed by atoms with Crippen molar-refractivity contribution in [1.29, 1.82) is 0 Å². The molecule has 0 N–H and O–H groups in total. The van der Waals surface area contributed by atoms with Gasteiger partial charge in [-0.2, -0.15) is 4.80 Å². The molecular weight excluding hydrogens is 346 g/mol. The van der Waals surface area contributed by atoms with Crippen molar-refractivity contribution >= 4 is 17.4 Å². The third-order valence-corrected chi connectivity index (χ3v) is 4.54. The molecule has 0 fully saturated rings. The summed E-state index contributed by atoms with van der Waals surface area (Å²) in [4.78, 5) is 27.2. The van der Waals surface area contributed by atoms with E-state index in [9.17, 15) is 9.59 Å². The molecule has 27 heavy (non-hydrogen) atoms. The Kier molecular flexibility index (Phi) is 4.15. The van der Waals surface area contributed by atoms with E-state index in [1.807, 2.05) is 18.2 Å². The number of Topliss-reactive ketones (excluding diaryl/α,β-unsaturated/α-hetero) is 1. The molecule has 0 bridgehead atoms. The lowest BCUT2D eigenvalue weighted by molar-refractivity contribution is -0.117. The highest BCUT2D eigenvalue weighted by molar-refractivity contribution is 6.03. The van der Waals surface area contributed by atoms with Crippen molar-refractivity contribution in [1.82, 2.24) is 20.2 Å².